The van der Waals surface area contributed by atoms with E-state index >= 15 is 0 Å². The maximum absolute atomic E-state index is 13.9. The molecule has 1 aromatic rings. The average Bonchev–Trinajstić information content (AvgIpc) is 2.49. The number of pyridine rings is 1. The van der Waals surface area contributed by atoms with Crippen LogP contribution in [0.3, 0.4) is 0 Å². The summed E-state index contributed by atoms with van der Waals surface area (Å²) in [4.78, 5) is 4.01. The number of allylic oxidation sites excluding steroid dienone is 3. The van der Waals surface area contributed by atoms with E-state index in [9.17, 15) is 9.60 Å². The van der Waals surface area contributed by atoms with E-state index in [1.165, 1.54) is 12.4 Å². The van der Waals surface area contributed by atoms with Crippen LogP contribution < -0.4 is 15.7 Å². The lowest BCUT2D eigenvalue weighted by atomic mass is 10.0. The van der Waals surface area contributed by atoms with E-state index in [0.29, 0.717) is 28.5 Å². The molecule has 0 aromatic carbocycles. The third kappa shape index (κ3) is 2.34. The molecule has 1 aromatic heterocycles. The predicted octanol–water partition coefficient (Wildman–Crippen LogP) is 2.34. The lowest BCUT2D eigenvalue weighted by Crippen LogP contribution is -2.43. The van der Waals surface area contributed by atoms with E-state index in [4.69, 9.17) is 10.5 Å². The van der Waals surface area contributed by atoms with Gasteiger partial charge in [0.25, 0.3) is 0 Å². The third-order valence-corrected chi connectivity index (χ3v) is 3.82. The van der Waals surface area contributed by atoms with Crippen LogP contribution in [-0.2, 0) is 4.74 Å². The van der Waals surface area contributed by atoms with Crippen molar-refractivity contribution in [3.8, 4) is 0 Å². The molecular weight excluding hydrogens is 287 g/mol. The van der Waals surface area contributed by atoms with E-state index in [-0.39, 0.29) is 19.0 Å². The molecule has 0 spiro atoms. The van der Waals surface area contributed by atoms with Crippen molar-refractivity contribution in [1.29, 1.82) is 0 Å². The van der Waals surface area contributed by atoms with Gasteiger partial charge in [-0.2, -0.15) is 0 Å². The van der Waals surface area contributed by atoms with E-state index in [1.807, 2.05) is 0 Å². The molecule has 1 aliphatic heterocycles. The van der Waals surface area contributed by atoms with Crippen molar-refractivity contribution < 1.29 is 9.13 Å². The minimum atomic E-state index is -0.844. The van der Waals surface area contributed by atoms with Crippen molar-refractivity contribution in [3.63, 3.8) is 0 Å². The van der Waals surface area contributed by atoms with Crippen LogP contribution >= 0.6 is 0 Å². The highest BCUT2D eigenvalue weighted by Crippen LogP contribution is 2.37. The van der Waals surface area contributed by atoms with Gasteiger partial charge in [-0.25, -0.2) is 9.37 Å². The Balaban J connectivity index is 1.99. The Kier molecular flexibility index (Phi) is 3.38. The van der Waals surface area contributed by atoms with Crippen LogP contribution in [0.4, 0.5) is 15.9 Å². The maximum atomic E-state index is 13.9. The Morgan fingerprint density at radius 2 is 2.27 bits per heavy atom. The fourth-order valence-electron chi connectivity index (χ4n) is 2.48. The summed E-state index contributed by atoms with van der Waals surface area (Å²) in [6.07, 6.45) is 4.50. The molecule has 7 heteroatoms. The molecule has 0 saturated heterocycles. The van der Waals surface area contributed by atoms with Crippen LogP contribution in [-0.4, -0.2) is 18.8 Å². The molecule has 2 aliphatic rings. The summed E-state index contributed by atoms with van der Waals surface area (Å²) in [6, 6.07) is 1.68. The number of fused-ring (bicyclic) bond motifs is 1. The Hall–Kier alpha value is -2.38. The van der Waals surface area contributed by atoms with Gasteiger partial charge in [0.2, 0.25) is 6.73 Å². The van der Waals surface area contributed by atoms with E-state index in [1.54, 1.807) is 26.1 Å². The highest BCUT2D eigenvalue weighted by atomic mass is 19.1. The molecule has 1 atom stereocenters. The second-order valence-electron chi connectivity index (χ2n) is 5.37. The van der Waals surface area contributed by atoms with Crippen LogP contribution in [0.1, 0.15) is 12.0 Å². The fourth-order valence-corrected chi connectivity index (χ4v) is 2.48. The monoisotopic (exact) mass is 304 g/mol. The number of nitrogens with two attached hydrogens (primary N) is 1. The first-order valence-corrected chi connectivity index (χ1v) is 6.87. The van der Waals surface area contributed by atoms with Gasteiger partial charge in [-0.1, -0.05) is 0 Å². The SMILES string of the molecule is CNC1=C(F)CC2=C[N+]([O-])(c3cnc(N)c(C)c3)COC2=C1. The van der Waals surface area contributed by atoms with Gasteiger partial charge in [-0.15, -0.1) is 0 Å². The van der Waals surface area contributed by atoms with E-state index in [0.717, 1.165) is 5.56 Å². The molecule has 1 aliphatic carbocycles. The van der Waals surface area contributed by atoms with Crippen molar-refractivity contribution >= 4 is 11.5 Å². The molecule has 0 radical (unpaired) electrons. The summed E-state index contributed by atoms with van der Waals surface area (Å²) < 4.78 is 18.6. The Bertz CT molecular complexity index is 726. The number of quaternary nitrogens is 1. The zero-order valence-electron chi connectivity index (χ0n) is 12.4. The number of rotatable bonds is 2. The first-order chi connectivity index (χ1) is 10.4. The quantitative estimate of drug-likeness (QED) is 0.647. The smallest absolute Gasteiger partial charge is 0.232 e. The van der Waals surface area contributed by atoms with Gasteiger partial charge >= 0.3 is 0 Å². The largest absolute Gasteiger partial charge is 0.620 e. The molecule has 1 unspecified atom stereocenters. The second kappa shape index (κ2) is 5.11. The number of hydroxylamine groups is 2. The Labute approximate surface area is 127 Å². The van der Waals surface area contributed by atoms with Crippen LogP contribution in [0, 0.1) is 12.1 Å². The summed E-state index contributed by atoms with van der Waals surface area (Å²) in [5, 5.41) is 15.7. The van der Waals surface area contributed by atoms with Gasteiger partial charge in [0.05, 0.1) is 17.5 Å². The van der Waals surface area contributed by atoms with Crippen LogP contribution in [0.2, 0.25) is 0 Å². The lowest BCUT2D eigenvalue weighted by Gasteiger charge is -2.41. The molecule has 3 rings (SSSR count). The highest BCUT2D eigenvalue weighted by molar-refractivity contribution is 5.55. The topological polar surface area (TPSA) is 83.2 Å². The molecule has 0 amide bonds. The van der Waals surface area contributed by atoms with E-state index < -0.39 is 4.65 Å². The summed E-state index contributed by atoms with van der Waals surface area (Å²) in [5.41, 5.74) is 7.71. The number of aromatic nitrogens is 1. The third-order valence-electron chi connectivity index (χ3n) is 3.82. The minimum absolute atomic E-state index is 0.0334. The lowest BCUT2D eigenvalue weighted by molar-refractivity contribution is 0.124. The molecule has 2 heterocycles. The minimum Gasteiger partial charge on any atom is -0.620 e. The van der Waals surface area contributed by atoms with Gasteiger partial charge in [-0.05, 0) is 12.5 Å². The maximum Gasteiger partial charge on any atom is 0.232 e. The molecule has 0 saturated carbocycles. The molecule has 22 heavy (non-hydrogen) atoms. The van der Waals surface area contributed by atoms with Gasteiger partial charge < -0.3 is 21.0 Å². The highest BCUT2D eigenvalue weighted by Gasteiger charge is 2.31. The number of likely N-dealkylation sites (N-methyl/N-ethyl adjacent to an activating group) is 1. The van der Waals surface area contributed by atoms with E-state index in [2.05, 4.69) is 10.3 Å². The van der Waals surface area contributed by atoms with Crippen LogP contribution in [0.15, 0.2) is 47.4 Å². The number of ether oxygens (including phenoxy) is 1. The van der Waals surface area contributed by atoms with Crippen molar-refractivity contribution in [1.82, 2.24) is 14.9 Å². The van der Waals surface area contributed by atoms with Gasteiger partial charge in [0.1, 0.15) is 23.6 Å². The molecule has 116 valence electrons. The summed E-state index contributed by atoms with van der Waals surface area (Å²) in [6.45, 7) is 1.66. The Morgan fingerprint density at radius 3 is 2.95 bits per heavy atom. The van der Waals surface area contributed by atoms with Crippen molar-refractivity contribution in [2.45, 2.75) is 13.3 Å². The van der Waals surface area contributed by atoms with Gasteiger partial charge in [-0.3, -0.25) is 4.65 Å². The number of hydrogen-bond acceptors (Lipinski definition) is 5. The van der Waals surface area contributed by atoms with Gasteiger partial charge in [0, 0.05) is 25.6 Å². The number of nitrogens with one attached hydrogen (secondary N) is 1. The predicted molar refractivity (Wildman–Crippen MR) is 82.5 cm³/mol. The average molecular weight is 304 g/mol. The fraction of sp³-hybridized carbons (Fsp3) is 0.267. The number of anilines is 1. The Morgan fingerprint density at radius 1 is 1.50 bits per heavy atom. The number of halogens is 1. The first kappa shape index (κ1) is 14.6. The number of nitrogens with zero attached hydrogens (tertiary/aromatic N) is 2. The summed E-state index contributed by atoms with van der Waals surface area (Å²) in [5.74, 6) is 0.587. The molecule has 3 N–H and O–H groups in total. The van der Waals surface area contributed by atoms with Crippen molar-refractivity contribution in [2.24, 2.45) is 0 Å². The van der Waals surface area contributed by atoms with Crippen LogP contribution in [0.25, 0.3) is 0 Å². The molecule has 0 bridgehead atoms. The van der Waals surface area contributed by atoms with Crippen molar-refractivity contribution in [3.05, 3.63) is 58.2 Å². The zero-order valence-corrected chi connectivity index (χ0v) is 12.4. The standard InChI is InChI=1S/C15H17FN4O2/c1-9-3-11(6-19-15(9)17)20(21)7-10-4-12(16)13(18-2)5-14(10)22-8-20/h3,5-7,18H,4,8H2,1-2H3,(H2,17,19). The first-order valence-electron chi connectivity index (χ1n) is 6.87. The molecule has 0 fully saturated rings. The van der Waals surface area contributed by atoms with Crippen LogP contribution in [0.5, 0.6) is 0 Å². The normalized spacial score (nSPS) is 24.2. The summed E-state index contributed by atoms with van der Waals surface area (Å²) >= 11 is 0. The zero-order chi connectivity index (χ0) is 15.9. The van der Waals surface area contributed by atoms with Crippen molar-refractivity contribution in [2.75, 3.05) is 19.5 Å². The second-order valence-corrected chi connectivity index (χ2v) is 5.37. The number of hydrogen-bond donors (Lipinski definition) is 2. The summed E-state index contributed by atoms with van der Waals surface area (Å²) in [7, 11) is 1.64. The molecular formula is C15H17FN4O2. The number of aryl methyl sites for hydroxylation is 1. The molecule has 6 nitrogen and oxygen atoms in total. The number of nitrogen functional groups attached to an aromatic ring is 1. The van der Waals surface area contributed by atoms with Gasteiger partial charge in [0.15, 0.2) is 5.69 Å².